The van der Waals surface area contributed by atoms with Gasteiger partial charge in [-0.05, 0) is 37.0 Å². The van der Waals surface area contributed by atoms with Crippen LogP contribution in [-0.4, -0.2) is 44.1 Å². The number of ether oxygens (including phenoxy) is 1. The lowest BCUT2D eigenvalue weighted by Crippen LogP contribution is -2.33. The Hall–Kier alpha value is -2.48. The second-order valence-corrected chi connectivity index (χ2v) is 9.00. The minimum atomic E-state index is -4.97. The molecule has 0 saturated carbocycles. The number of nitrogens with one attached hydrogen (secondary N) is 2. The Kier molecular flexibility index (Phi) is 7.22. The van der Waals surface area contributed by atoms with Gasteiger partial charge < -0.3 is 15.4 Å². The number of benzene rings is 1. The molecule has 1 saturated heterocycles. The van der Waals surface area contributed by atoms with Crippen molar-refractivity contribution in [3.63, 3.8) is 0 Å². The van der Waals surface area contributed by atoms with E-state index < -0.39 is 44.2 Å². The number of hydrogen-bond donors (Lipinski definition) is 3. The Morgan fingerprint density at radius 1 is 1.28 bits per heavy atom. The fourth-order valence-electron chi connectivity index (χ4n) is 3.08. The van der Waals surface area contributed by atoms with E-state index in [-0.39, 0.29) is 23.2 Å². The van der Waals surface area contributed by atoms with Crippen LogP contribution in [-0.2, 0) is 20.9 Å². The van der Waals surface area contributed by atoms with Gasteiger partial charge in [0, 0.05) is 31.0 Å². The average molecular weight is 494 g/mol. The fraction of sp³-hybridized carbons (Fsp3) is 0.389. The van der Waals surface area contributed by atoms with E-state index in [1.54, 1.807) is 0 Å². The highest BCUT2D eigenvalue weighted by Gasteiger charge is 2.38. The summed E-state index contributed by atoms with van der Waals surface area (Å²) in [5.41, 5.74) is -2.45. The van der Waals surface area contributed by atoms with Crippen LogP contribution in [0.4, 0.5) is 24.8 Å². The summed E-state index contributed by atoms with van der Waals surface area (Å²) in [4.78, 5) is 19.1. The summed E-state index contributed by atoms with van der Waals surface area (Å²) >= 11 is 5.85. The zero-order valence-corrected chi connectivity index (χ0v) is 18.0. The van der Waals surface area contributed by atoms with Crippen LogP contribution in [0.5, 0.6) is 0 Å². The van der Waals surface area contributed by atoms with Crippen LogP contribution in [0.3, 0.4) is 0 Å². The number of nitrogens with two attached hydrogens (primary N) is 1. The predicted molar refractivity (Wildman–Crippen MR) is 109 cm³/mol. The van der Waals surface area contributed by atoms with Crippen LogP contribution in [0.2, 0.25) is 5.02 Å². The minimum absolute atomic E-state index is 0.0973. The van der Waals surface area contributed by atoms with Gasteiger partial charge in [0.2, 0.25) is 16.0 Å². The second-order valence-electron chi connectivity index (χ2n) is 7.03. The molecular weight excluding hydrogens is 475 g/mol. The molecule has 1 fully saturated rings. The monoisotopic (exact) mass is 493 g/mol. The van der Waals surface area contributed by atoms with Crippen molar-refractivity contribution in [2.75, 3.05) is 25.1 Å². The van der Waals surface area contributed by atoms with Crippen molar-refractivity contribution >= 4 is 39.2 Å². The highest BCUT2D eigenvalue weighted by atomic mass is 35.5. The fourth-order valence-corrected chi connectivity index (χ4v) is 3.92. The average Bonchev–Trinajstić information content (AvgIpc) is 2.71. The molecule has 9 nitrogen and oxygen atoms in total. The second kappa shape index (κ2) is 9.57. The van der Waals surface area contributed by atoms with E-state index >= 15 is 0 Å². The molecule has 1 aromatic heterocycles. The number of hydrogen-bond acceptors (Lipinski definition) is 7. The Balaban J connectivity index is 1.88. The summed E-state index contributed by atoms with van der Waals surface area (Å²) in [5, 5.41) is 10.1. The van der Waals surface area contributed by atoms with Gasteiger partial charge in [-0.2, -0.15) is 13.2 Å². The maximum atomic E-state index is 13.6. The van der Waals surface area contributed by atoms with E-state index in [0.29, 0.717) is 26.1 Å². The molecule has 0 bridgehead atoms. The molecular formula is C18H19ClF3N5O4S. The lowest BCUT2D eigenvalue weighted by atomic mass is 10.0. The summed E-state index contributed by atoms with van der Waals surface area (Å²) in [7, 11) is -4.22. The third-order valence-electron chi connectivity index (χ3n) is 4.69. The molecule has 0 radical (unpaired) electrons. The van der Waals surface area contributed by atoms with Gasteiger partial charge in [0.15, 0.2) is 5.69 Å². The number of primary sulfonamides is 1. The van der Waals surface area contributed by atoms with E-state index in [1.807, 2.05) is 0 Å². The molecule has 1 aliphatic rings. The molecule has 0 unspecified atom stereocenters. The van der Waals surface area contributed by atoms with Crippen molar-refractivity contribution in [1.82, 2.24) is 15.3 Å². The highest BCUT2D eigenvalue weighted by molar-refractivity contribution is 7.89. The SMILES string of the molecule is NS(=O)(=O)c1ccc(Cl)cc1Nc1ncc(C(=O)NCC2CCOCC2)c(C(F)(F)F)n1. The van der Waals surface area contributed by atoms with E-state index in [1.165, 1.54) is 6.07 Å². The van der Waals surface area contributed by atoms with Crippen molar-refractivity contribution in [2.24, 2.45) is 11.1 Å². The summed E-state index contributed by atoms with van der Waals surface area (Å²) in [6.07, 6.45) is -2.87. The first-order valence-corrected chi connectivity index (χ1v) is 11.3. The number of amides is 1. The van der Waals surface area contributed by atoms with E-state index in [2.05, 4.69) is 20.6 Å². The quantitative estimate of drug-likeness (QED) is 0.562. The summed E-state index contributed by atoms with van der Waals surface area (Å²) < 4.78 is 69.5. The van der Waals surface area contributed by atoms with Gasteiger partial charge >= 0.3 is 6.18 Å². The van der Waals surface area contributed by atoms with Crippen LogP contribution in [0, 0.1) is 5.92 Å². The molecule has 1 amide bonds. The Labute approximate surface area is 186 Å². The molecule has 1 aliphatic heterocycles. The molecule has 2 heterocycles. The van der Waals surface area contributed by atoms with Crippen LogP contribution < -0.4 is 15.8 Å². The van der Waals surface area contributed by atoms with Gasteiger partial charge in [-0.25, -0.2) is 23.5 Å². The number of sulfonamides is 1. The first-order valence-electron chi connectivity index (χ1n) is 9.34. The molecule has 0 aliphatic carbocycles. The zero-order valence-electron chi connectivity index (χ0n) is 16.4. The van der Waals surface area contributed by atoms with Crippen LogP contribution >= 0.6 is 11.6 Å². The third kappa shape index (κ3) is 6.06. The number of carbonyl (C=O) groups excluding carboxylic acids is 1. The van der Waals surface area contributed by atoms with Crippen LogP contribution in [0.15, 0.2) is 29.3 Å². The molecule has 14 heteroatoms. The molecule has 3 rings (SSSR count). The van der Waals surface area contributed by atoms with Gasteiger partial charge in [-0.1, -0.05) is 11.6 Å². The normalized spacial score (nSPS) is 15.4. The molecule has 0 atom stereocenters. The van der Waals surface area contributed by atoms with Crippen LogP contribution in [0.25, 0.3) is 0 Å². The number of anilines is 2. The predicted octanol–water partition coefficient (Wildman–Crippen LogP) is 2.70. The van der Waals surface area contributed by atoms with E-state index in [4.69, 9.17) is 21.5 Å². The lowest BCUT2D eigenvalue weighted by molar-refractivity contribution is -0.141. The number of nitrogens with zero attached hydrogens (tertiary/aromatic N) is 2. The zero-order chi connectivity index (χ0) is 23.5. The van der Waals surface area contributed by atoms with Crippen molar-refractivity contribution in [3.8, 4) is 0 Å². The minimum Gasteiger partial charge on any atom is -0.381 e. The third-order valence-corrected chi connectivity index (χ3v) is 5.89. The van der Waals surface area contributed by atoms with Crippen molar-refractivity contribution in [2.45, 2.75) is 23.9 Å². The maximum absolute atomic E-state index is 13.6. The number of carbonyl (C=O) groups is 1. The topological polar surface area (TPSA) is 136 Å². The summed E-state index contributed by atoms with van der Waals surface area (Å²) in [6.45, 7) is 1.25. The van der Waals surface area contributed by atoms with Gasteiger partial charge in [-0.15, -0.1) is 0 Å². The van der Waals surface area contributed by atoms with Crippen molar-refractivity contribution in [3.05, 3.63) is 40.7 Å². The first-order chi connectivity index (χ1) is 14.9. The smallest absolute Gasteiger partial charge is 0.381 e. The molecule has 4 N–H and O–H groups in total. The van der Waals surface area contributed by atoms with E-state index in [9.17, 15) is 26.4 Å². The van der Waals surface area contributed by atoms with Crippen LogP contribution in [0.1, 0.15) is 28.9 Å². The molecule has 2 aromatic rings. The molecule has 1 aromatic carbocycles. The lowest BCUT2D eigenvalue weighted by Gasteiger charge is -2.22. The number of rotatable bonds is 6. The Bertz CT molecular complexity index is 1110. The molecule has 32 heavy (non-hydrogen) atoms. The summed E-state index contributed by atoms with van der Waals surface area (Å²) in [5.74, 6) is -1.46. The van der Waals surface area contributed by atoms with Gasteiger partial charge in [-0.3, -0.25) is 4.79 Å². The van der Waals surface area contributed by atoms with Crippen molar-refractivity contribution in [1.29, 1.82) is 0 Å². The molecule has 174 valence electrons. The van der Waals surface area contributed by atoms with Gasteiger partial charge in [0.05, 0.1) is 11.3 Å². The first kappa shape index (κ1) is 24.2. The standard InChI is InChI=1S/C18H19ClF3N5O4S/c19-11-1-2-14(32(23,29)30)13(7-11)26-17-25-9-12(15(27-17)18(20,21)22)16(28)24-8-10-3-5-31-6-4-10/h1-2,7,9-10H,3-6,8H2,(H,24,28)(H2,23,29,30)(H,25,26,27). The number of alkyl halides is 3. The summed E-state index contributed by atoms with van der Waals surface area (Å²) in [6, 6.07) is 3.48. The van der Waals surface area contributed by atoms with Crippen molar-refractivity contribution < 1.29 is 31.1 Å². The molecule has 0 spiro atoms. The van der Waals surface area contributed by atoms with Gasteiger partial charge in [0.1, 0.15) is 4.90 Å². The Morgan fingerprint density at radius 3 is 2.59 bits per heavy atom. The van der Waals surface area contributed by atoms with Gasteiger partial charge in [0.25, 0.3) is 5.91 Å². The van der Waals surface area contributed by atoms with E-state index in [0.717, 1.165) is 18.3 Å². The number of aromatic nitrogens is 2. The largest absolute Gasteiger partial charge is 0.434 e. The highest BCUT2D eigenvalue weighted by Crippen LogP contribution is 2.32. The number of halogens is 4. The maximum Gasteiger partial charge on any atom is 0.434 e. The Morgan fingerprint density at radius 2 is 1.97 bits per heavy atom.